The number of methoxy groups -OCH3 is 1. The van der Waals surface area contributed by atoms with Gasteiger partial charge in [-0.25, -0.2) is 0 Å². The van der Waals surface area contributed by atoms with Crippen LogP contribution in [0, 0.1) is 5.92 Å². The summed E-state index contributed by atoms with van der Waals surface area (Å²) in [5.41, 5.74) is 2.57. The maximum absolute atomic E-state index is 12.7. The number of aromatic hydroxyl groups is 1. The molecular weight excluding hydrogens is 334 g/mol. The van der Waals surface area contributed by atoms with Crippen LogP contribution in [0.2, 0.25) is 0 Å². The Labute approximate surface area is 152 Å². The van der Waals surface area contributed by atoms with E-state index in [9.17, 15) is 14.7 Å². The number of ether oxygens (including phenoxy) is 2. The smallest absolute Gasteiger partial charge is 0.315 e. The third-order valence-corrected chi connectivity index (χ3v) is 4.89. The highest BCUT2D eigenvalue weighted by Gasteiger charge is 2.43. The molecule has 0 saturated carbocycles. The number of hydrogen-bond acceptors (Lipinski definition) is 6. The van der Waals surface area contributed by atoms with Gasteiger partial charge in [0, 0.05) is 29.3 Å². The maximum Gasteiger partial charge on any atom is 0.315 e. The van der Waals surface area contributed by atoms with Gasteiger partial charge in [-0.1, -0.05) is 12.6 Å². The van der Waals surface area contributed by atoms with Gasteiger partial charge < -0.3 is 19.9 Å². The number of ketones is 1. The number of esters is 1. The van der Waals surface area contributed by atoms with E-state index < -0.39 is 17.8 Å². The molecule has 3 rings (SSSR count). The van der Waals surface area contributed by atoms with Gasteiger partial charge in [0.25, 0.3) is 0 Å². The van der Waals surface area contributed by atoms with Crippen molar-refractivity contribution in [2.45, 2.75) is 32.1 Å². The van der Waals surface area contributed by atoms with Gasteiger partial charge in [0.05, 0.1) is 13.7 Å². The minimum absolute atomic E-state index is 0.0147. The van der Waals surface area contributed by atoms with E-state index in [4.69, 9.17) is 9.47 Å². The molecule has 0 radical (unpaired) electrons. The van der Waals surface area contributed by atoms with Gasteiger partial charge in [-0.15, -0.1) is 0 Å². The van der Waals surface area contributed by atoms with Crippen molar-refractivity contribution in [1.82, 2.24) is 5.32 Å². The molecule has 2 unspecified atom stereocenters. The first-order valence-electron chi connectivity index (χ1n) is 8.73. The quantitative estimate of drug-likeness (QED) is 0.806. The molecule has 0 amide bonds. The largest absolute Gasteiger partial charge is 0.504 e. The predicted octanol–water partition coefficient (Wildman–Crippen LogP) is 2.79. The van der Waals surface area contributed by atoms with Crippen molar-refractivity contribution in [3.8, 4) is 11.5 Å². The van der Waals surface area contributed by atoms with Crippen LogP contribution in [0.4, 0.5) is 0 Å². The van der Waals surface area contributed by atoms with Crippen molar-refractivity contribution in [3.05, 3.63) is 47.3 Å². The van der Waals surface area contributed by atoms with Crippen molar-refractivity contribution < 1.29 is 24.2 Å². The predicted molar refractivity (Wildman–Crippen MR) is 95.7 cm³/mol. The number of hydrogen-bond donors (Lipinski definition) is 2. The van der Waals surface area contributed by atoms with Crippen LogP contribution in [0.1, 0.15) is 37.7 Å². The first-order chi connectivity index (χ1) is 12.5. The van der Waals surface area contributed by atoms with Crippen molar-refractivity contribution in [3.63, 3.8) is 0 Å². The summed E-state index contributed by atoms with van der Waals surface area (Å²) in [5, 5.41) is 13.3. The van der Waals surface area contributed by atoms with E-state index in [-0.39, 0.29) is 18.1 Å². The number of allylic oxidation sites excluding steroid dienone is 2. The number of benzene rings is 1. The van der Waals surface area contributed by atoms with Crippen LogP contribution < -0.4 is 10.1 Å². The van der Waals surface area contributed by atoms with E-state index in [1.54, 1.807) is 25.1 Å². The van der Waals surface area contributed by atoms with Gasteiger partial charge in [0.2, 0.25) is 0 Å². The summed E-state index contributed by atoms with van der Waals surface area (Å²) in [5.74, 6) is -1.40. The molecule has 1 aromatic rings. The summed E-state index contributed by atoms with van der Waals surface area (Å²) in [7, 11) is 1.47. The summed E-state index contributed by atoms with van der Waals surface area (Å²) in [6.45, 7) is 5.98. The molecular formula is C20H23NO5. The molecule has 138 valence electrons. The van der Waals surface area contributed by atoms with E-state index >= 15 is 0 Å². The molecule has 1 aliphatic carbocycles. The Morgan fingerprint density at radius 2 is 2.15 bits per heavy atom. The number of phenolic OH excluding ortho intramolecular Hbond substituents is 1. The standard InChI is InChI=1S/C20H23NO5/c1-4-26-20(24)17-11(2)21-13-6-5-7-14(22)19(13)18(17)12-8-9-16(25-3)15(23)10-12/h8-10,17-18,21,23H,2,4-7H2,1,3H3. The second kappa shape index (κ2) is 7.23. The lowest BCUT2D eigenvalue weighted by molar-refractivity contribution is -0.147. The van der Waals surface area contributed by atoms with E-state index in [0.29, 0.717) is 29.0 Å². The molecule has 0 bridgehead atoms. The summed E-state index contributed by atoms with van der Waals surface area (Å²) in [6.07, 6.45) is 1.94. The first-order valence-corrected chi connectivity index (χ1v) is 8.73. The molecule has 6 heteroatoms. The van der Waals surface area contributed by atoms with Crippen LogP contribution in [0.15, 0.2) is 41.7 Å². The zero-order chi connectivity index (χ0) is 18.8. The number of rotatable bonds is 4. The first kappa shape index (κ1) is 18.0. The zero-order valence-electron chi connectivity index (χ0n) is 15.0. The van der Waals surface area contributed by atoms with Gasteiger partial charge in [-0.2, -0.15) is 0 Å². The zero-order valence-corrected chi connectivity index (χ0v) is 15.0. The number of carbonyl (C=O) groups is 2. The fraction of sp³-hybridized carbons (Fsp3) is 0.400. The Morgan fingerprint density at radius 1 is 1.38 bits per heavy atom. The lowest BCUT2D eigenvalue weighted by Gasteiger charge is -2.38. The average Bonchev–Trinajstić information content (AvgIpc) is 2.60. The molecule has 1 aromatic carbocycles. The molecule has 1 heterocycles. The van der Waals surface area contributed by atoms with Crippen molar-refractivity contribution in [2.75, 3.05) is 13.7 Å². The second-order valence-electron chi connectivity index (χ2n) is 6.46. The van der Waals surface area contributed by atoms with Gasteiger partial charge in [0.15, 0.2) is 17.3 Å². The van der Waals surface area contributed by atoms with E-state index in [1.807, 2.05) is 0 Å². The molecule has 0 spiro atoms. The van der Waals surface area contributed by atoms with Crippen LogP contribution >= 0.6 is 0 Å². The van der Waals surface area contributed by atoms with Gasteiger partial charge in [-0.05, 0) is 37.5 Å². The summed E-state index contributed by atoms with van der Waals surface area (Å²) in [4.78, 5) is 25.3. The van der Waals surface area contributed by atoms with Crippen LogP contribution in [0.3, 0.4) is 0 Å². The molecule has 2 aliphatic rings. The SMILES string of the molecule is C=C1NC2=C(C(=O)CCC2)C(c2ccc(OC)c(O)c2)C1C(=O)OCC. The topological polar surface area (TPSA) is 84.9 Å². The van der Waals surface area contributed by atoms with Crippen LogP contribution in [0.5, 0.6) is 11.5 Å². The summed E-state index contributed by atoms with van der Waals surface area (Å²) in [6, 6.07) is 4.94. The fourth-order valence-corrected chi connectivity index (χ4v) is 3.76. The third kappa shape index (κ3) is 3.07. The van der Waals surface area contributed by atoms with Crippen LogP contribution in [-0.2, 0) is 14.3 Å². The molecule has 6 nitrogen and oxygen atoms in total. The molecule has 0 fully saturated rings. The monoisotopic (exact) mass is 357 g/mol. The lowest BCUT2D eigenvalue weighted by atomic mass is 9.71. The Balaban J connectivity index is 2.15. The van der Waals surface area contributed by atoms with Gasteiger partial charge in [0.1, 0.15) is 5.92 Å². The van der Waals surface area contributed by atoms with Crippen molar-refractivity contribution >= 4 is 11.8 Å². The maximum atomic E-state index is 12.7. The Kier molecular flexibility index (Phi) is 5.02. The summed E-state index contributed by atoms with van der Waals surface area (Å²) < 4.78 is 10.3. The van der Waals surface area contributed by atoms with E-state index in [1.165, 1.54) is 7.11 Å². The van der Waals surface area contributed by atoms with E-state index in [2.05, 4.69) is 11.9 Å². The van der Waals surface area contributed by atoms with Crippen molar-refractivity contribution in [2.24, 2.45) is 5.92 Å². The normalized spacial score (nSPS) is 22.5. The van der Waals surface area contributed by atoms with Gasteiger partial charge >= 0.3 is 5.97 Å². The minimum atomic E-state index is -0.733. The Morgan fingerprint density at radius 3 is 2.81 bits per heavy atom. The molecule has 1 aliphatic heterocycles. The highest BCUT2D eigenvalue weighted by molar-refractivity contribution is 6.00. The van der Waals surface area contributed by atoms with E-state index in [0.717, 1.165) is 18.5 Å². The average molecular weight is 357 g/mol. The molecule has 2 atom stereocenters. The van der Waals surface area contributed by atoms with Crippen LogP contribution in [-0.4, -0.2) is 30.6 Å². The minimum Gasteiger partial charge on any atom is -0.504 e. The fourth-order valence-electron chi connectivity index (χ4n) is 3.76. The molecule has 0 aromatic heterocycles. The highest BCUT2D eigenvalue weighted by Crippen LogP contribution is 2.45. The summed E-state index contributed by atoms with van der Waals surface area (Å²) >= 11 is 0. The lowest BCUT2D eigenvalue weighted by Crippen LogP contribution is -2.41. The highest BCUT2D eigenvalue weighted by atomic mass is 16.5. The third-order valence-electron chi connectivity index (χ3n) is 4.89. The molecule has 0 saturated heterocycles. The van der Waals surface area contributed by atoms with Crippen molar-refractivity contribution in [1.29, 1.82) is 0 Å². The molecule has 2 N–H and O–H groups in total. The number of phenols is 1. The number of Topliss-reactive ketones (excluding diaryl/α,β-unsaturated/α-hetero) is 1. The molecule has 26 heavy (non-hydrogen) atoms. The number of nitrogens with one attached hydrogen (secondary N) is 1. The Hall–Kier alpha value is -2.76. The Bertz CT molecular complexity index is 795. The van der Waals surface area contributed by atoms with Gasteiger partial charge in [-0.3, -0.25) is 9.59 Å². The number of carbonyl (C=O) groups excluding carboxylic acids is 2. The van der Waals surface area contributed by atoms with Crippen LogP contribution in [0.25, 0.3) is 0 Å². The second-order valence-corrected chi connectivity index (χ2v) is 6.46.